The maximum Gasteiger partial charge on any atom is 0.356 e. The molecule has 1 heterocycles. The Bertz CT molecular complexity index is 628. The van der Waals surface area contributed by atoms with Crippen LogP contribution in [0.1, 0.15) is 17.4 Å². The van der Waals surface area contributed by atoms with Crippen molar-refractivity contribution in [2.75, 3.05) is 6.61 Å². The Morgan fingerprint density at radius 1 is 1.47 bits per heavy atom. The minimum Gasteiger partial charge on any atom is -0.461 e. The van der Waals surface area contributed by atoms with Gasteiger partial charge in [-0.3, -0.25) is 5.10 Å². The van der Waals surface area contributed by atoms with Gasteiger partial charge in [0.1, 0.15) is 11.5 Å². The van der Waals surface area contributed by atoms with E-state index in [1.165, 1.54) is 12.1 Å². The standard InChI is InChI=1S/C12H9Cl2FN2O2/c1-2-19-12(18)9-5-8(16-17-9)10-6(13)3-4-7(15)11(10)14/h3-5H,2H2,1H3,(H,16,17). The summed E-state index contributed by atoms with van der Waals surface area (Å²) in [6.45, 7) is 1.93. The van der Waals surface area contributed by atoms with Crippen molar-refractivity contribution in [1.29, 1.82) is 0 Å². The van der Waals surface area contributed by atoms with E-state index in [0.717, 1.165) is 6.07 Å². The highest BCUT2D eigenvalue weighted by atomic mass is 35.5. The quantitative estimate of drug-likeness (QED) is 0.695. The number of carbonyl (C=O) groups is 1. The Hall–Kier alpha value is -1.59. The van der Waals surface area contributed by atoms with Gasteiger partial charge in [-0.1, -0.05) is 23.2 Å². The largest absolute Gasteiger partial charge is 0.461 e. The zero-order valence-electron chi connectivity index (χ0n) is 9.84. The van der Waals surface area contributed by atoms with Gasteiger partial charge in [0, 0.05) is 5.56 Å². The highest BCUT2D eigenvalue weighted by molar-refractivity contribution is 6.39. The van der Waals surface area contributed by atoms with Crippen LogP contribution in [0.4, 0.5) is 4.39 Å². The van der Waals surface area contributed by atoms with E-state index in [4.69, 9.17) is 27.9 Å². The lowest BCUT2D eigenvalue weighted by molar-refractivity contribution is 0.0519. The third kappa shape index (κ3) is 2.72. The Labute approximate surface area is 118 Å². The van der Waals surface area contributed by atoms with Gasteiger partial charge in [-0.05, 0) is 25.1 Å². The average Bonchev–Trinajstić information content (AvgIpc) is 2.84. The molecule has 1 aromatic heterocycles. The van der Waals surface area contributed by atoms with Crippen molar-refractivity contribution in [2.24, 2.45) is 0 Å². The van der Waals surface area contributed by atoms with E-state index in [1.807, 2.05) is 0 Å². The van der Waals surface area contributed by atoms with Crippen LogP contribution < -0.4 is 0 Å². The first-order valence-electron chi connectivity index (χ1n) is 5.41. The zero-order chi connectivity index (χ0) is 14.0. The monoisotopic (exact) mass is 302 g/mol. The van der Waals surface area contributed by atoms with Crippen LogP contribution in [0.2, 0.25) is 10.0 Å². The van der Waals surface area contributed by atoms with Gasteiger partial charge in [0.15, 0.2) is 0 Å². The van der Waals surface area contributed by atoms with E-state index in [-0.39, 0.29) is 33.6 Å². The molecular weight excluding hydrogens is 294 g/mol. The lowest BCUT2D eigenvalue weighted by Gasteiger charge is -2.04. The van der Waals surface area contributed by atoms with Crippen molar-refractivity contribution < 1.29 is 13.9 Å². The molecule has 0 spiro atoms. The summed E-state index contributed by atoms with van der Waals surface area (Å²) < 4.78 is 18.2. The van der Waals surface area contributed by atoms with Crippen molar-refractivity contribution >= 4 is 29.2 Å². The molecule has 0 aliphatic carbocycles. The number of nitrogens with one attached hydrogen (secondary N) is 1. The van der Waals surface area contributed by atoms with Crippen LogP contribution in [0, 0.1) is 5.82 Å². The molecule has 0 atom stereocenters. The van der Waals surface area contributed by atoms with E-state index in [0.29, 0.717) is 0 Å². The summed E-state index contributed by atoms with van der Waals surface area (Å²) >= 11 is 11.8. The number of aromatic nitrogens is 2. The van der Waals surface area contributed by atoms with Gasteiger partial charge in [0.2, 0.25) is 0 Å². The summed E-state index contributed by atoms with van der Waals surface area (Å²) in [6.07, 6.45) is 0. The molecule has 2 rings (SSSR count). The number of esters is 1. The molecule has 0 aliphatic heterocycles. The third-order valence-corrected chi connectivity index (χ3v) is 3.06. The molecule has 4 nitrogen and oxygen atoms in total. The van der Waals surface area contributed by atoms with Gasteiger partial charge in [0.05, 0.1) is 22.3 Å². The number of halogens is 3. The maximum absolute atomic E-state index is 13.4. The number of H-pyrrole nitrogens is 1. The average molecular weight is 303 g/mol. The summed E-state index contributed by atoms with van der Waals surface area (Å²) in [5.41, 5.74) is 0.654. The lowest BCUT2D eigenvalue weighted by Crippen LogP contribution is -2.04. The molecular formula is C12H9Cl2FN2O2. The van der Waals surface area contributed by atoms with Crippen molar-refractivity contribution in [3.8, 4) is 11.3 Å². The van der Waals surface area contributed by atoms with Crippen LogP contribution in [-0.4, -0.2) is 22.8 Å². The molecule has 19 heavy (non-hydrogen) atoms. The first kappa shape index (κ1) is 13.8. The second-order valence-corrected chi connectivity index (χ2v) is 4.39. The highest BCUT2D eigenvalue weighted by Crippen LogP contribution is 2.35. The topological polar surface area (TPSA) is 55.0 Å². The molecule has 7 heteroatoms. The molecule has 1 N–H and O–H groups in total. The SMILES string of the molecule is CCOC(=O)c1cc(-c2c(Cl)ccc(F)c2Cl)n[nH]1. The normalized spacial score (nSPS) is 10.5. The predicted molar refractivity (Wildman–Crippen MR) is 70.0 cm³/mol. The predicted octanol–water partition coefficient (Wildman–Crippen LogP) is 3.70. The lowest BCUT2D eigenvalue weighted by atomic mass is 10.1. The number of aromatic amines is 1. The molecule has 100 valence electrons. The van der Waals surface area contributed by atoms with E-state index in [1.54, 1.807) is 6.92 Å². The van der Waals surface area contributed by atoms with Crippen molar-refractivity contribution in [1.82, 2.24) is 10.2 Å². The highest BCUT2D eigenvalue weighted by Gasteiger charge is 2.18. The van der Waals surface area contributed by atoms with Crippen molar-refractivity contribution in [2.45, 2.75) is 6.92 Å². The van der Waals surface area contributed by atoms with Gasteiger partial charge in [-0.15, -0.1) is 0 Å². The fraction of sp³-hybridized carbons (Fsp3) is 0.167. The van der Waals surface area contributed by atoms with Crippen LogP contribution in [0.25, 0.3) is 11.3 Å². The number of rotatable bonds is 3. The number of hydrogen-bond acceptors (Lipinski definition) is 3. The third-order valence-electron chi connectivity index (χ3n) is 2.37. The van der Waals surface area contributed by atoms with E-state index < -0.39 is 11.8 Å². The van der Waals surface area contributed by atoms with Gasteiger partial charge in [-0.2, -0.15) is 5.10 Å². The number of nitrogens with zero attached hydrogens (tertiary/aromatic N) is 1. The van der Waals surface area contributed by atoms with E-state index in [9.17, 15) is 9.18 Å². The Morgan fingerprint density at radius 3 is 2.89 bits per heavy atom. The Kier molecular flexibility index (Phi) is 4.07. The molecule has 1 aromatic carbocycles. The summed E-state index contributed by atoms with van der Waals surface area (Å²) in [7, 11) is 0. The number of ether oxygens (including phenoxy) is 1. The molecule has 0 unspecified atom stereocenters. The van der Waals surface area contributed by atoms with Gasteiger partial charge >= 0.3 is 5.97 Å². The van der Waals surface area contributed by atoms with Crippen molar-refractivity contribution in [3.05, 3.63) is 39.8 Å². The maximum atomic E-state index is 13.4. The summed E-state index contributed by atoms with van der Waals surface area (Å²) in [5, 5.41) is 6.49. The smallest absolute Gasteiger partial charge is 0.356 e. The van der Waals surface area contributed by atoms with Crippen molar-refractivity contribution in [3.63, 3.8) is 0 Å². The van der Waals surface area contributed by atoms with Gasteiger partial charge < -0.3 is 4.74 Å². The molecule has 0 amide bonds. The van der Waals surface area contributed by atoms with Crippen LogP contribution in [0.3, 0.4) is 0 Å². The second-order valence-electron chi connectivity index (χ2n) is 3.61. The van der Waals surface area contributed by atoms with E-state index in [2.05, 4.69) is 10.2 Å². The molecule has 0 bridgehead atoms. The second kappa shape index (κ2) is 5.59. The molecule has 0 saturated carbocycles. The van der Waals surface area contributed by atoms with Crippen LogP contribution in [0.15, 0.2) is 18.2 Å². The molecule has 0 radical (unpaired) electrons. The van der Waals surface area contributed by atoms with Crippen LogP contribution in [0.5, 0.6) is 0 Å². The van der Waals surface area contributed by atoms with Gasteiger partial charge in [0.25, 0.3) is 0 Å². The number of hydrogen-bond donors (Lipinski definition) is 1. The first-order chi connectivity index (χ1) is 9.04. The first-order valence-corrected chi connectivity index (χ1v) is 6.16. The fourth-order valence-corrected chi connectivity index (χ4v) is 2.09. The molecule has 2 aromatic rings. The summed E-state index contributed by atoms with van der Waals surface area (Å²) in [6, 6.07) is 3.94. The zero-order valence-corrected chi connectivity index (χ0v) is 11.3. The van der Waals surface area contributed by atoms with E-state index >= 15 is 0 Å². The van der Waals surface area contributed by atoms with Crippen LogP contribution >= 0.6 is 23.2 Å². The van der Waals surface area contributed by atoms with Gasteiger partial charge in [-0.25, -0.2) is 9.18 Å². The Morgan fingerprint density at radius 2 is 2.21 bits per heavy atom. The molecule has 0 aliphatic rings. The van der Waals surface area contributed by atoms with Crippen LogP contribution in [-0.2, 0) is 4.74 Å². The fourth-order valence-electron chi connectivity index (χ4n) is 1.53. The summed E-state index contributed by atoms with van der Waals surface area (Å²) in [4.78, 5) is 11.5. The molecule has 0 saturated heterocycles. The summed E-state index contributed by atoms with van der Waals surface area (Å²) in [5.74, 6) is -1.16. The molecule has 0 fully saturated rings. The minimum atomic E-state index is -0.609. The Balaban J connectivity index is 2.44. The number of benzene rings is 1. The minimum absolute atomic E-state index is 0.144. The number of carbonyl (C=O) groups excluding carboxylic acids is 1.